The molecule has 0 aliphatic carbocycles. The summed E-state index contributed by atoms with van der Waals surface area (Å²) in [6.45, 7) is 4.84. The van der Waals surface area contributed by atoms with Crippen LogP contribution in [0, 0.1) is 0 Å². The molecule has 1 fully saturated rings. The van der Waals surface area contributed by atoms with Gasteiger partial charge in [-0.1, -0.05) is 18.2 Å². The van der Waals surface area contributed by atoms with E-state index in [1.807, 2.05) is 24.3 Å². The van der Waals surface area contributed by atoms with Crippen LogP contribution in [0.15, 0.2) is 47.4 Å². The van der Waals surface area contributed by atoms with Crippen molar-refractivity contribution in [3.05, 3.63) is 53.6 Å². The largest absolute Gasteiger partial charge is 0.495 e. The number of methoxy groups -OCH3 is 1. The molecule has 0 saturated carbocycles. The summed E-state index contributed by atoms with van der Waals surface area (Å²) in [5.74, 6) is -0.00887. The Morgan fingerprint density at radius 2 is 1.91 bits per heavy atom. The van der Waals surface area contributed by atoms with Gasteiger partial charge in [-0.05, 0) is 49.2 Å². The van der Waals surface area contributed by atoms with Gasteiger partial charge < -0.3 is 14.4 Å². The van der Waals surface area contributed by atoms with Crippen molar-refractivity contribution in [3.8, 4) is 5.75 Å². The van der Waals surface area contributed by atoms with Gasteiger partial charge in [0.15, 0.2) is 0 Å². The lowest BCUT2D eigenvalue weighted by atomic mass is 10.1. The molecule has 2 aromatic carbocycles. The van der Waals surface area contributed by atoms with E-state index in [1.54, 1.807) is 11.0 Å². The van der Waals surface area contributed by atoms with Crippen molar-refractivity contribution in [2.75, 3.05) is 57.9 Å². The van der Waals surface area contributed by atoms with Crippen LogP contribution in [0.4, 0.5) is 5.69 Å². The number of amides is 1. The number of carbonyl (C=O) groups excluding carboxylic acids is 1. The highest BCUT2D eigenvalue weighted by Gasteiger charge is 2.27. The van der Waals surface area contributed by atoms with Crippen molar-refractivity contribution in [1.82, 2.24) is 9.62 Å². The molecule has 2 heterocycles. The lowest BCUT2D eigenvalue weighted by molar-refractivity contribution is 0.0376. The number of rotatable bonds is 8. The number of benzene rings is 2. The Bertz CT molecular complexity index is 1070. The van der Waals surface area contributed by atoms with Crippen molar-refractivity contribution in [2.45, 2.75) is 17.7 Å². The topological polar surface area (TPSA) is 88.2 Å². The van der Waals surface area contributed by atoms with Crippen molar-refractivity contribution < 1.29 is 22.7 Å². The number of nitrogens with one attached hydrogen (secondary N) is 1. The third kappa shape index (κ3) is 4.96. The van der Waals surface area contributed by atoms with E-state index in [9.17, 15) is 13.2 Å². The Morgan fingerprint density at radius 1 is 1.12 bits per heavy atom. The maximum Gasteiger partial charge on any atom is 0.258 e. The van der Waals surface area contributed by atoms with Gasteiger partial charge in [0.1, 0.15) is 10.6 Å². The van der Waals surface area contributed by atoms with Crippen LogP contribution in [-0.2, 0) is 21.2 Å². The molecule has 0 aromatic heterocycles. The minimum absolute atomic E-state index is 0.0234. The van der Waals surface area contributed by atoms with Crippen LogP contribution >= 0.6 is 0 Å². The van der Waals surface area contributed by atoms with Crippen LogP contribution < -0.4 is 14.4 Å². The predicted molar refractivity (Wildman–Crippen MR) is 122 cm³/mol. The van der Waals surface area contributed by atoms with Crippen molar-refractivity contribution in [3.63, 3.8) is 0 Å². The lowest BCUT2D eigenvalue weighted by Gasteiger charge is -2.26. The molecule has 0 radical (unpaired) electrons. The standard InChI is InChI=1S/C23H29N3O5S/c1-30-21-8-7-19(23(27)26-12-9-18-5-2-3-6-20(18)26)17-22(21)32(28,29)24-10-4-11-25-13-15-31-16-14-25/h2-3,5-8,17,24H,4,9-16H2,1H3. The highest BCUT2D eigenvalue weighted by atomic mass is 32.2. The molecule has 1 N–H and O–H groups in total. The highest BCUT2D eigenvalue weighted by Crippen LogP contribution is 2.31. The van der Waals surface area contributed by atoms with E-state index in [1.165, 1.54) is 19.2 Å². The minimum atomic E-state index is -3.84. The number of nitrogens with zero attached hydrogens (tertiary/aromatic N) is 2. The molecule has 1 saturated heterocycles. The summed E-state index contributed by atoms with van der Waals surface area (Å²) in [5.41, 5.74) is 2.30. The molecule has 9 heteroatoms. The normalized spacial score (nSPS) is 16.7. The van der Waals surface area contributed by atoms with Gasteiger partial charge in [0.25, 0.3) is 5.91 Å². The summed E-state index contributed by atoms with van der Waals surface area (Å²) in [6, 6.07) is 12.3. The van der Waals surface area contributed by atoms with Gasteiger partial charge in [0.05, 0.1) is 20.3 Å². The molecule has 0 bridgehead atoms. The minimum Gasteiger partial charge on any atom is -0.495 e. The maximum atomic E-state index is 13.2. The lowest BCUT2D eigenvalue weighted by Crippen LogP contribution is -2.38. The molecule has 2 aliphatic rings. The number of para-hydroxylation sites is 1. The van der Waals surface area contributed by atoms with E-state index in [2.05, 4.69) is 9.62 Å². The number of anilines is 1. The fourth-order valence-electron chi connectivity index (χ4n) is 4.14. The van der Waals surface area contributed by atoms with E-state index in [4.69, 9.17) is 9.47 Å². The molecule has 0 spiro atoms. The zero-order chi connectivity index (χ0) is 22.6. The average molecular weight is 460 g/mol. The Hall–Kier alpha value is -2.46. The van der Waals surface area contributed by atoms with Gasteiger partial charge in [-0.25, -0.2) is 13.1 Å². The SMILES string of the molecule is COc1ccc(C(=O)N2CCc3ccccc32)cc1S(=O)(=O)NCCCN1CCOCC1. The summed E-state index contributed by atoms with van der Waals surface area (Å²) in [4.78, 5) is 17.1. The monoisotopic (exact) mass is 459 g/mol. The summed E-state index contributed by atoms with van der Waals surface area (Å²) in [6.07, 6.45) is 1.47. The van der Waals surface area contributed by atoms with Gasteiger partial charge >= 0.3 is 0 Å². The molecule has 2 aromatic rings. The van der Waals surface area contributed by atoms with Crippen LogP contribution in [0.3, 0.4) is 0 Å². The molecule has 2 aliphatic heterocycles. The fourth-order valence-corrected chi connectivity index (χ4v) is 5.40. The van der Waals surface area contributed by atoms with Crippen molar-refractivity contribution in [2.24, 2.45) is 0 Å². The third-order valence-corrected chi connectivity index (χ3v) is 7.36. The number of hydrogen-bond acceptors (Lipinski definition) is 6. The van der Waals surface area contributed by atoms with E-state index in [-0.39, 0.29) is 16.6 Å². The molecule has 172 valence electrons. The maximum absolute atomic E-state index is 13.2. The van der Waals surface area contributed by atoms with Gasteiger partial charge in [-0.3, -0.25) is 9.69 Å². The first-order valence-electron chi connectivity index (χ1n) is 10.9. The Morgan fingerprint density at radius 3 is 2.69 bits per heavy atom. The molecule has 0 atom stereocenters. The van der Waals surface area contributed by atoms with E-state index >= 15 is 0 Å². The van der Waals surface area contributed by atoms with E-state index < -0.39 is 10.0 Å². The van der Waals surface area contributed by atoms with E-state index in [0.29, 0.717) is 38.3 Å². The van der Waals surface area contributed by atoms with Gasteiger partial charge in [0, 0.05) is 37.4 Å². The average Bonchev–Trinajstić information content (AvgIpc) is 3.26. The second-order valence-electron chi connectivity index (χ2n) is 7.91. The number of fused-ring (bicyclic) bond motifs is 1. The Balaban J connectivity index is 1.47. The summed E-state index contributed by atoms with van der Waals surface area (Å²) >= 11 is 0. The molecule has 4 rings (SSSR count). The first-order chi connectivity index (χ1) is 15.5. The van der Waals surface area contributed by atoms with E-state index in [0.717, 1.165) is 37.3 Å². The van der Waals surface area contributed by atoms with Crippen LogP contribution in [0.2, 0.25) is 0 Å². The quantitative estimate of drug-likeness (QED) is 0.607. The molecule has 1 amide bonds. The van der Waals surface area contributed by atoms with Gasteiger partial charge in [-0.2, -0.15) is 0 Å². The first-order valence-corrected chi connectivity index (χ1v) is 12.4. The summed E-state index contributed by atoms with van der Waals surface area (Å²) in [7, 11) is -2.41. The number of carbonyl (C=O) groups is 1. The first kappa shape index (κ1) is 22.7. The van der Waals surface area contributed by atoms with Gasteiger partial charge in [0.2, 0.25) is 10.0 Å². The molecule has 8 nitrogen and oxygen atoms in total. The third-order valence-electron chi connectivity index (χ3n) is 5.88. The Labute approximate surface area is 189 Å². The number of ether oxygens (including phenoxy) is 2. The molecule has 0 unspecified atom stereocenters. The molecular formula is C23H29N3O5S. The highest BCUT2D eigenvalue weighted by molar-refractivity contribution is 7.89. The van der Waals surface area contributed by atoms with Crippen molar-refractivity contribution in [1.29, 1.82) is 0 Å². The van der Waals surface area contributed by atoms with Crippen LogP contribution in [0.25, 0.3) is 0 Å². The van der Waals surface area contributed by atoms with Crippen LogP contribution in [-0.4, -0.2) is 72.3 Å². The zero-order valence-corrected chi connectivity index (χ0v) is 19.1. The number of hydrogen-bond donors (Lipinski definition) is 1. The fraction of sp³-hybridized carbons (Fsp3) is 0.435. The van der Waals surface area contributed by atoms with Crippen LogP contribution in [0.5, 0.6) is 5.75 Å². The zero-order valence-electron chi connectivity index (χ0n) is 18.2. The second kappa shape index (κ2) is 9.99. The number of morpholine rings is 1. The predicted octanol–water partition coefficient (Wildman–Crippen LogP) is 1.90. The number of sulfonamides is 1. The summed E-state index contributed by atoms with van der Waals surface area (Å²) < 4.78 is 39.3. The molecule has 32 heavy (non-hydrogen) atoms. The molecular weight excluding hydrogens is 430 g/mol. The summed E-state index contributed by atoms with van der Waals surface area (Å²) in [5, 5.41) is 0. The smallest absolute Gasteiger partial charge is 0.258 e. The van der Waals surface area contributed by atoms with Crippen molar-refractivity contribution >= 4 is 21.6 Å². The van der Waals surface area contributed by atoms with Gasteiger partial charge in [-0.15, -0.1) is 0 Å². The second-order valence-corrected chi connectivity index (χ2v) is 9.64. The Kier molecular flexibility index (Phi) is 7.10. The van der Waals surface area contributed by atoms with Crippen LogP contribution in [0.1, 0.15) is 22.3 Å².